The predicted molar refractivity (Wildman–Crippen MR) is 106 cm³/mol. The van der Waals surface area contributed by atoms with Crippen LogP contribution in [0.4, 0.5) is 4.39 Å². The Labute approximate surface area is 153 Å². The van der Waals surface area contributed by atoms with Gasteiger partial charge in [-0.3, -0.25) is 0 Å². The van der Waals surface area contributed by atoms with Crippen LogP contribution in [0.3, 0.4) is 0 Å². The van der Waals surface area contributed by atoms with Gasteiger partial charge in [-0.15, -0.1) is 0 Å². The maximum Gasteiger partial charge on any atom is 0.123 e. The molecule has 0 atom stereocenters. The van der Waals surface area contributed by atoms with Crippen LogP contribution in [0.2, 0.25) is 0 Å². The number of nitrogens with zero attached hydrogens (tertiary/aromatic N) is 1. The largest absolute Gasteiger partial charge is 0.342 e. The Morgan fingerprint density at radius 3 is 2.38 bits per heavy atom. The molecule has 1 heterocycles. The minimum atomic E-state index is -0.169. The standard InChI is InChI=1S/C23H23FN2/c1-2-26-22-6-4-3-5-20(22)21-15-18(9-12-23(21)26)16-25-14-13-17-7-10-19(24)11-8-17/h3-12,15,25H,2,13-14,16H2,1H3/p+1. The average Bonchev–Trinajstić information content (AvgIpc) is 3.00. The molecule has 0 aliphatic rings. The third-order valence-corrected chi connectivity index (χ3v) is 5.08. The fourth-order valence-corrected chi connectivity index (χ4v) is 3.76. The monoisotopic (exact) mass is 347 g/mol. The second kappa shape index (κ2) is 7.30. The lowest BCUT2D eigenvalue weighted by atomic mass is 10.1. The normalized spacial score (nSPS) is 11.5. The van der Waals surface area contributed by atoms with Crippen LogP contribution in [-0.2, 0) is 19.5 Å². The van der Waals surface area contributed by atoms with Crippen LogP contribution in [-0.4, -0.2) is 11.1 Å². The Morgan fingerprint density at radius 1 is 0.846 bits per heavy atom. The molecule has 3 aromatic carbocycles. The van der Waals surface area contributed by atoms with E-state index in [2.05, 4.69) is 59.3 Å². The van der Waals surface area contributed by atoms with Crippen molar-refractivity contribution in [2.24, 2.45) is 0 Å². The predicted octanol–water partition coefficient (Wildman–Crippen LogP) is 4.26. The molecule has 26 heavy (non-hydrogen) atoms. The number of halogens is 1. The number of aromatic nitrogens is 1. The topological polar surface area (TPSA) is 21.5 Å². The first-order valence-corrected chi connectivity index (χ1v) is 9.32. The zero-order valence-corrected chi connectivity index (χ0v) is 15.1. The van der Waals surface area contributed by atoms with E-state index in [1.54, 1.807) is 0 Å². The third kappa shape index (κ3) is 3.23. The van der Waals surface area contributed by atoms with E-state index in [1.807, 2.05) is 12.1 Å². The lowest BCUT2D eigenvalue weighted by molar-refractivity contribution is -0.670. The van der Waals surface area contributed by atoms with Crippen molar-refractivity contribution < 1.29 is 9.71 Å². The SMILES string of the molecule is CCn1c2ccccc2c2cc(C[NH2+]CCc3ccc(F)cc3)ccc21. The smallest absolute Gasteiger partial charge is 0.123 e. The zero-order valence-electron chi connectivity index (χ0n) is 15.1. The molecule has 0 aliphatic heterocycles. The summed E-state index contributed by atoms with van der Waals surface area (Å²) in [4.78, 5) is 0. The summed E-state index contributed by atoms with van der Waals surface area (Å²) >= 11 is 0. The minimum Gasteiger partial charge on any atom is -0.342 e. The summed E-state index contributed by atoms with van der Waals surface area (Å²) < 4.78 is 15.3. The Hall–Kier alpha value is -2.65. The van der Waals surface area contributed by atoms with Gasteiger partial charge in [0, 0.05) is 40.3 Å². The van der Waals surface area contributed by atoms with Gasteiger partial charge in [-0.1, -0.05) is 36.4 Å². The van der Waals surface area contributed by atoms with Gasteiger partial charge in [-0.05, 0) is 42.8 Å². The van der Waals surface area contributed by atoms with Gasteiger partial charge in [0.05, 0.1) is 6.54 Å². The summed E-state index contributed by atoms with van der Waals surface area (Å²) in [5, 5.41) is 4.99. The van der Waals surface area contributed by atoms with Crippen LogP contribution in [0.5, 0.6) is 0 Å². The quantitative estimate of drug-likeness (QED) is 0.503. The number of nitrogens with two attached hydrogens (primary N) is 1. The molecule has 4 aromatic rings. The van der Waals surface area contributed by atoms with Gasteiger partial charge in [0.25, 0.3) is 0 Å². The molecule has 0 spiro atoms. The van der Waals surface area contributed by atoms with Gasteiger partial charge in [0.1, 0.15) is 12.4 Å². The zero-order chi connectivity index (χ0) is 17.9. The molecular weight excluding hydrogens is 323 g/mol. The van der Waals surface area contributed by atoms with E-state index < -0.39 is 0 Å². The minimum absolute atomic E-state index is 0.169. The molecule has 2 nitrogen and oxygen atoms in total. The molecule has 0 aliphatic carbocycles. The Kier molecular flexibility index (Phi) is 4.72. The summed E-state index contributed by atoms with van der Waals surface area (Å²) in [6, 6.07) is 22.3. The summed E-state index contributed by atoms with van der Waals surface area (Å²) in [6.45, 7) is 5.14. The average molecular weight is 347 g/mol. The molecule has 0 bridgehead atoms. The molecule has 3 heteroatoms. The molecular formula is C23H24FN2+. The first kappa shape index (κ1) is 16.8. The van der Waals surface area contributed by atoms with Gasteiger partial charge in [-0.2, -0.15) is 0 Å². The summed E-state index contributed by atoms with van der Waals surface area (Å²) in [5.41, 5.74) is 5.14. The summed E-state index contributed by atoms with van der Waals surface area (Å²) in [5.74, 6) is -0.169. The second-order valence-corrected chi connectivity index (χ2v) is 6.77. The highest BCUT2D eigenvalue weighted by molar-refractivity contribution is 6.08. The molecule has 4 rings (SSSR count). The Balaban J connectivity index is 1.49. The first-order chi connectivity index (χ1) is 12.8. The molecule has 0 unspecified atom stereocenters. The highest BCUT2D eigenvalue weighted by atomic mass is 19.1. The van der Waals surface area contributed by atoms with E-state index >= 15 is 0 Å². The van der Waals surface area contributed by atoms with Crippen LogP contribution >= 0.6 is 0 Å². The van der Waals surface area contributed by atoms with Gasteiger partial charge < -0.3 is 9.88 Å². The maximum absolute atomic E-state index is 13.0. The van der Waals surface area contributed by atoms with Crippen molar-refractivity contribution in [3.63, 3.8) is 0 Å². The number of hydrogen-bond donors (Lipinski definition) is 1. The van der Waals surface area contributed by atoms with Crippen LogP contribution in [0, 0.1) is 5.82 Å². The second-order valence-electron chi connectivity index (χ2n) is 6.77. The van der Waals surface area contributed by atoms with Gasteiger partial charge >= 0.3 is 0 Å². The fourth-order valence-electron chi connectivity index (χ4n) is 3.76. The number of para-hydroxylation sites is 1. The maximum atomic E-state index is 13.0. The van der Waals surface area contributed by atoms with E-state index in [-0.39, 0.29) is 5.82 Å². The van der Waals surface area contributed by atoms with Crippen molar-refractivity contribution in [2.75, 3.05) is 6.54 Å². The lowest BCUT2D eigenvalue weighted by Gasteiger charge is -2.05. The molecule has 2 N–H and O–H groups in total. The molecule has 0 radical (unpaired) electrons. The van der Waals surface area contributed by atoms with Crippen LogP contribution < -0.4 is 5.32 Å². The molecule has 0 saturated heterocycles. The summed E-state index contributed by atoms with van der Waals surface area (Å²) in [7, 11) is 0. The number of quaternary nitrogens is 1. The van der Waals surface area contributed by atoms with Crippen LogP contribution in [0.15, 0.2) is 66.7 Å². The van der Waals surface area contributed by atoms with E-state index in [0.717, 1.165) is 26.1 Å². The van der Waals surface area contributed by atoms with Gasteiger partial charge in [0.15, 0.2) is 0 Å². The highest BCUT2D eigenvalue weighted by Gasteiger charge is 2.10. The van der Waals surface area contributed by atoms with E-state index in [0.29, 0.717) is 0 Å². The number of rotatable bonds is 6. The van der Waals surface area contributed by atoms with E-state index in [4.69, 9.17) is 0 Å². The van der Waals surface area contributed by atoms with Crippen molar-refractivity contribution in [1.82, 2.24) is 4.57 Å². The number of fused-ring (bicyclic) bond motifs is 3. The lowest BCUT2D eigenvalue weighted by Crippen LogP contribution is -2.83. The van der Waals surface area contributed by atoms with Crippen molar-refractivity contribution in [3.8, 4) is 0 Å². The van der Waals surface area contributed by atoms with Crippen LogP contribution in [0.1, 0.15) is 18.1 Å². The van der Waals surface area contributed by atoms with Crippen molar-refractivity contribution in [1.29, 1.82) is 0 Å². The molecule has 1 aromatic heterocycles. The Morgan fingerprint density at radius 2 is 1.58 bits per heavy atom. The van der Waals surface area contributed by atoms with Crippen molar-refractivity contribution >= 4 is 21.8 Å². The van der Waals surface area contributed by atoms with Crippen molar-refractivity contribution in [3.05, 3.63) is 83.7 Å². The summed E-state index contributed by atoms with van der Waals surface area (Å²) in [6.07, 6.45) is 0.956. The van der Waals surface area contributed by atoms with Crippen LogP contribution in [0.25, 0.3) is 21.8 Å². The van der Waals surface area contributed by atoms with Gasteiger partial charge in [-0.25, -0.2) is 4.39 Å². The number of aryl methyl sites for hydroxylation is 1. The fraction of sp³-hybridized carbons (Fsp3) is 0.217. The molecule has 0 fully saturated rings. The Bertz CT molecular complexity index is 1030. The van der Waals surface area contributed by atoms with Gasteiger partial charge in [0.2, 0.25) is 0 Å². The third-order valence-electron chi connectivity index (χ3n) is 5.08. The van der Waals surface area contributed by atoms with E-state index in [9.17, 15) is 4.39 Å². The van der Waals surface area contributed by atoms with Crippen molar-refractivity contribution in [2.45, 2.75) is 26.4 Å². The highest BCUT2D eigenvalue weighted by Crippen LogP contribution is 2.29. The first-order valence-electron chi connectivity index (χ1n) is 9.32. The van der Waals surface area contributed by atoms with E-state index in [1.165, 1.54) is 45.1 Å². The number of hydrogen-bond acceptors (Lipinski definition) is 0. The molecule has 0 amide bonds. The molecule has 0 saturated carbocycles. The number of benzene rings is 3. The molecule has 132 valence electrons.